The number of hydrogen-bond acceptors (Lipinski definition) is 3. The Balaban J connectivity index is 1.19. The Morgan fingerprint density at radius 2 is 1.47 bits per heavy atom. The Morgan fingerprint density at radius 3 is 2.28 bits per heavy atom. The molecule has 2 heterocycles. The summed E-state index contributed by atoms with van der Waals surface area (Å²) in [6.45, 7) is 6.49. The van der Waals surface area contributed by atoms with Gasteiger partial charge in [-0.1, -0.05) is 54.6 Å². The van der Waals surface area contributed by atoms with Gasteiger partial charge < -0.3 is 9.80 Å². The number of hydrogen-bond donors (Lipinski definition) is 0. The van der Waals surface area contributed by atoms with Crippen LogP contribution < -0.4 is 4.90 Å². The fraction of sp³-hybridized carbons (Fsp3) is 0.321. The number of carbonyl (C=O) groups is 1. The molecule has 1 amide bonds. The van der Waals surface area contributed by atoms with Crippen LogP contribution in [0.5, 0.6) is 0 Å². The van der Waals surface area contributed by atoms with Crippen molar-refractivity contribution in [1.82, 2.24) is 9.80 Å². The highest BCUT2D eigenvalue weighted by atomic mass is 16.2. The van der Waals surface area contributed by atoms with Crippen molar-refractivity contribution in [2.45, 2.75) is 25.9 Å². The zero-order chi connectivity index (χ0) is 21.8. The van der Waals surface area contributed by atoms with Crippen LogP contribution in [0.3, 0.4) is 0 Å². The van der Waals surface area contributed by atoms with E-state index in [1.807, 2.05) is 17.0 Å². The van der Waals surface area contributed by atoms with Gasteiger partial charge in [0, 0.05) is 57.1 Å². The van der Waals surface area contributed by atoms with E-state index in [1.54, 1.807) is 0 Å². The van der Waals surface area contributed by atoms with Crippen molar-refractivity contribution < 1.29 is 4.79 Å². The molecule has 3 aromatic rings. The molecule has 5 rings (SSSR count). The summed E-state index contributed by atoms with van der Waals surface area (Å²) in [6, 6.07) is 27.5. The second-order valence-electron chi connectivity index (χ2n) is 8.89. The summed E-state index contributed by atoms with van der Waals surface area (Å²) in [5.41, 5.74) is 6.19. The first kappa shape index (κ1) is 20.8. The van der Waals surface area contributed by atoms with Crippen LogP contribution in [0.15, 0.2) is 78.9 Å². The van der Waals surface area contributed by atoms with E-state index in [9.17, 15) is 4.79 Å². The SMILES string of the molecule is O=C(c1ccc(N2CCc3ccccc3C2)cc1)N1CCCN(Cc2ccccc2)CC1. The van der Waals surface area contributed by atoms with Gasteiger partial charge >= 0.3 is 0 Å². The molecule has 4 heteroatoms. The molecule has 164 valence electrons. The standard InChI is InChI=1S/C28H31N3O/c32-28(30-17-6-16-29(19-20-30)21-23-7-2-1-3-8-23)25-11-13-27(14-12-25)31-18-15-24-9-4-5-10-26(24)22-31/h1-5,7-14H,6,15-22H2. The normalized spacial score (nSPS) is 17.0. The number of rotatable bonds is 4. The van der Waals surface area contributed by atoms with Crippen molar-refractivity contribution in [3.05, 3.63) is 101 Å². The van der Waals surface area contributed by atoms with E-state index in [1.165, 1.54) is 22.4 Å². The van der Waals surface area contributed by atoms with Gasteiger partial charge in [-0.25, -0.2) is 0 Å². The van der Waals surface area contributed by atoms with Crippen LogP contribution in [0.4, 0.5) is 5.69 Å². The molecule has 1 fully saturated rings. The average molecular weight is 426 g/mol. The van der Waals surface area contributed by atoms with E-state index in [0.29, 0.717) is 0 Å². The van der Waals surface area contributed by atoms with Gasteiger partial charge in [0.05, 0.1) is 0 Å². The molecule has 0 saturated carbocycles. The maximum absolute atomic E-state index is 13.2. The highest BCUT2D eigenvalue weighted by Crippen LogP contribution is 2.25. The lowest BCUT2D eigenvalue weighted by molar-refractivity contribution is 0.0761. The topological polar surface area (TPSA) is 26.8 Å². The Hall–Kier alpha value is -3.11. The van der Waals surface area contributed by atoms with E-state index < -0.39 is 0 Å². The Labute approximate surface area is 191 Å². The quantitative estimate of drug-likeness (QED) is 0.611. The van der Waals surface area contributed by atoms with Gasteiger partial charge in [0.2, 0.25) is 0 Å². The van der Waals surface area contributed by atoms with Gasteiger partial charge in [0.25, 0.3) is 5.91 Å². The zero-order valence-corrected chi connectivity index (χ0v) is 18.6. The van der Waals surface area contributed by atoms with E-state index >= 15 is 0 Å². The van der Waals surface area contributed by atoms with E-state index in [0.717, 1.165) is 64.2 Å². The molecule has 0 atom stereocenters. The van der Waals surface area contributed by atoms with Crippen molar-refractivity contribution in [2.75, 3.05) is 37.6 Å². The molecular weight excluding hydrogens is 394 g/mol. The predicted octanol–water partition coefficient (Wildman–Crippen LogP) is 4.60. The van der Waals surface area contributed by atoms with Crippen LogP contribution in [0, 0.1) is 0 Å². The second-order valence-corrected chi connectivity index (χ2v) is 8.89. The third-order valence-electron chi connectivity index (χ3n) is 6.73. The van der Waals surface area contributed by atoms with Crippen LogP contribution >= 0.6 is 0 Å². The smallest absolute Gasteiger partial charge is 0.253 e. The lowest BCUT2D eigenvalue weighted by Gasteiger charge is -2.31. The molecule has 0 aromatic heterocycles. The fourth-order valence-corrected chi connectivity index (χ4v) is 4.89. The van der Waals surface area contributed by atoms with Crippen LogP contribution in [0.2, 0.25) is 0 Å². The third kappa shape index (κ3) is 4.71. The second kappa shape index (κ2) is 9.58. The number of anilines is 1. The minimum atomic E-state index is 0.155. The van der Waals surface area contributed by atoms with Crippen LogP contribution in [0.1, 0.15) is 33.5 Å². The molecule has 3 aromatic carbocycles. The Morgan fingerprint density at radius 1 is 0.719 bits per heavy atom. The van der Waals surface area contributed by atoms with Gasteiger partial charge in [-0.15, -0.1) is 0 Å². The molecule has 0 spiro atoms. The van der Waals surface area contributed by atoms with Crippen molar-refractivity contribution in [3.63, 3.8) is 0 Å². The van der Waals surface area contributed by atoms with Crippen LogP contribution in [-0.4, -0.2) is 48.4 Å². The molecule has 1 saturated heterocycles. The summed E-state index contributed by atoms with van der Waals surface area (Å²) in [5, 5.41) is 0. The van der Waals surface area contributed by atoms with Crippen LogP contribution in [-0.2, 0) is 19.5 Å². The first-order chi connectivity index (χ1) is 15.8. The fourth-order valence-electron chi connectivity index (χ4n) is 4.89. The first-order valence-electron chi connectivity index (χ1n) is 11.7. The summed E-state index contributed by atoms with van der Waals surface area (Å²) in [5.74, 6) is 0.155. The molecule has 0 bridgehead atoms. The summed E-state index contributed by atoms with van der Waals surface area (Å²) in [6.07, 6.45) is 2.09. The van der Waals surface area contributed by atoms with Crippen molar-refractivity contribution in [3.8, 4) is 0 Å². The number of benzene rings is 3. The summed E-state index contributed by atoms with van der Waals surface area (Å²) in [4.78, 5) is 20.1. The average Bonchev–Trinajstić information content (AvgIpc) is 3.09. The molecule has 0 N–H and O–H groups in total. The highest BCUT2D eigenvalue weighted by molar-refractivity contribution is 5.94. The lowest BCUT2D eigenvalue weighted by Crippen LogP contribution is -2.35. The number of amides is 1. The van der Waals surface area contributed by atoms with Crippen LogP contribution in [0.25, 0.3) is 0 Å². The lowest BCUT2D eigenvalue weighted by atomic mass is 9.99. The molecule has 32 heavy (non-hydrogen) atoms. The van der Waals surface area contributed by atoms with Gasteiger partial charge in [-0.05, 0) is 53.8 Å². The van der Waals surface area contributed by atoms with Gasteiger partial charge in [0.1, 0.15) is 0 Å². The molecule has 0 aliphatic carbocycles. The number of fused-ring (bicyclic) bond motifs is 1. The Bertz CT molecular complexity index is 1050. The number of carbonyl (C=O) groups excluding carboxylic acids is 1. The minimum absolute atomic E-state index is 0.155. The largest absolute Gasteiger partial charge is 0.367 e. The minimum Gasteiger partial charge on any atom is -0.367 e. The highest BCUT2D eigenvalue weighted by Gasteiger charge is 2.21. The summed E-state index contributed by atoms with van der Waals surface area (Å²) >= 11 is 0. The summed E-state index contributed by atoms with van der Waals surface area (Å²) in [7, 11) is 0. The first-order valence-corrected chi connectivity index (χ1v) is 11.7. The van der Waals surface area contributed by atoms with E-state index in [2.05, 4.69) is 76.5 Å². The third-order valence-corrected chi connectivity index (χ3v) is 6.73. The zero-order valence-electron chi connectivity index (χ0n) is 18.6. The summed E-state index contributed by atoms with van der Waals surface area (Å²) < 4.78 is 0. The molecule has 4 nitrogen and oxygen atoms in total. The monoisotopic (exact) mass is 425 g/mol. The Kier molecular flexibility index (Phi) is 6.22. The van der Waals surface area contributed by atoms with Crippen molar-refractivity contribution in [2.24, 2.45) is 0 Å². The molecule has 0 unspecified atom stereocenters. The van der Waals surface area contributed by atoms with Crippen molar-refractivity contribution in [1.29, 1.82) is 0 Å². The maximum Gasteiger partial charge on any atom is 0.253 e. The van der Waals surface area contributed by atoms with E-state index in [4.69, 9.17) is 0 Å². The van der Waals surface area contributed by atoms with Gasteiger partial charge in [-0.2, -0.15) is 0 Å². The molecule has 0 radical (unpaired) electrons. The number of nitrogens with zero attached hydrogens (tertiary/aromatic N) is 3. The molecule has 2 aliphatic rings. The van der Waals surface area contributed by atoms with E-state index in [-0.39, 0.29) is 5.91 Å². The van der Waals surface area contributed by atoms with Crippen molar-refractivity contribution >= 4 is 11.6 Å². The molecular formula is C28H31N3O. The van der Waals surface area contributed by atoms with Gasteiger partial charge in [-0.3, -0.25) is 9.69 Å². The predicted molar refractivity (Wildman–Crippen MR) is 130 cm³/mol. The molecule has 2 aliphatic heterocycles. The maximum atomic E-state index is 13.2. The van der Waals surface area contributed by atoms with Gasteiger partial charge in [0.15, 0.2) is 0 Å².